The number of hydrogen-bond acceptors (Lipinski definition) is 4. The second-order valence-corrected chi connectivity index (χ2v) is 6.69. The molecule has 1 N–H and O–H groups in total. The molecular formula is C15H12N4OS2. The number of hydrogen-bond donors (Lipinski definition) is 1. The van der Waals surface area contributed by atoms with E-state index in [9.17, 15) is 4.79 Å². The highest BCUT2D eigenvalue weighted by molar-refractivity contribution is 7.71. The van der Waals surface area contributed by atoms with Crippen molar-refractivity contribution in [2.24, 2.45) is 0 Å². The average Bonchev–Trinajstić information content (AvgIpc) is 2.98. The molecule has 0 aliphatic carbocycles. The first-order valence-corrected chi connectivity index (χ1v) is 7.99. The molecule has 0 atom stereocenters. The lowest BCUT2D eigenvalue weighted by molar-refractivity contribution is 0.909. The van der Waals surface area contributed by atoms with E-state index < -0.39 is 0 Å². The monoisotopic (exact) mass is 328 g/mol. The molecular weight excluding hydrogens is 316 g/mol. The van der Waals surface area contributed by atoms with Crippen LogP contribution in [0.15, 0.2) is 35.1 Å². The summed E-state index contributed by atoms with van der Waals surface area (Å²) in [5, 5.41) is 3.61. The molecule has 0 fully saturated rings. The summed E-state index contributed by atoms with van der Waals surface area (Å²) in [5.41, 5.74) is 1.75. The van der Waals surface area contributed by atoms with Crippen LogP contribution in [0.3, 0.4) is 0 Å². The van der Waals surface area contributed by atoms with Crippen molar-refractivity contribution >= 4 is 39.5 Å². The Morgan fingerprint density at radius 3 is 2.68 bits per heavy atom. The molecule has 7 heteroatoms. The normalized spacial score (nSPS) is 11.5. The van der Waals surface area contributed by atoms with Crippen molar-refractivity contribution in [2.45, 2.75) is 13.8 Å². The molecule has 1 aromatic carbocycles. The molecule has 110 valence electrons. The molecule has 0 bridgehead atoms. The van der Waals surface area contributed by atoms with Gasteiger partial charge in [-0.25, -0.2) is 4.98 Å². The lowest BCUT2D eigenvalue weighted by Gasteiger charge is -2.02. The van der Waals surface area contributed by atoms with E-state index in [0.29, 0.717) is 15.9 Å². The second-order valence-electron chi connectivity index (χ2n) is 5.10. The minimum Gasteiger partial charge on any atom is -0.267 e. The molecule has 5 nitrogen and oxygen atoms in total. The summed E-state index contributed by atoms with van der Waals surface area (Å²) in [5.74, 6) is 0.509. The number of fused-ring (bicyclic) bond motifs is 2. The average molecular weight is 328 g/mol. The van der Waals surface area contributed by atoms with Gasteiger partial charge in [-0.05, 0) is 43.8 Å². The van der Waals surface area contributed by atoms with E-state index in [1.807, 2.05) is 44.2 Å². The summed E-state index contributed by atoms with van der Waals surface area (Å²) < 4.78 is 3.65. The van der Waals surface area contributed by atoms with E-state index in [2.05, 4.69) is 10.1 Å². The van der Waals surface area contributed by atoms with E-state index in [0.717, 1.165) is 21.0 Å². The number of nitrogens with one attached hydrogen (secondary N) is 1. The van der Waals surface area contributed by atoms with Crippen molar-refractivity contribution in [1.82, 2.24) is 19.2 Å². The van der Waals surface area contributed by atoms with Crippen LogP contribution >= 0.6 is 23.6 Å². The maximum Gasteiger partial charge on any atom is 0.283 e. The third kappa shape index (κ3) is 1.72. The van der Waals surface area contributed by atoms with Gasteiger partial charge in [0, 0.05) is 4.88 Å². The molecule has 0 saturated carbocycles. The Bertz CT molecular complexity index is 1130. The molecule has 3 heterocycles. The van der Waals surface area contributed by atoms with Crippen LogP contribution in [0.4, 0.5) is 0 Å². The Morgan fingerprint density at radius 1 is 1.23 bits per heavy atom. The summed E-state index contributed by atoms with van der Waals surface area (Å²) in [7, 11) is 0. The number of nitrogens with zero attached hydrogens (tertiary/aromatic N) is 3. The summed E-state index contributed by atoms with van der Waals surface area (Å²) in [6, 6.07) is 9.66. The largest absolute Gasteiger partial charge is 0.283 e. The zero-order chi connectivity index (χ0) is 15.4. The first-order chi connectivity index (χ1) is 10.6. The predicted molar refractivity (Wildman–Crippen MR) is 90.8 cm³/mol. The zero-order valence-electron chi connectivity index (χ0n) is 12.0. The van der Waals surface area contributed by atoms with Crippen molar-refractivity contribution in [2.75, 3.05) is 0 Å². The Kier molecular flexibility index (Phi) is 2.82. The molecule has 4 rings (SSSR count). The van der Waals surface area contributed by atoms with Gasteiger partial charge in [0.2, 0.25) is 5.78 Å². The lowest BCUT2D eigenvalue weighted by Crippen LogP contribution is -2.16. The maximum atomic E-state index is 12.8. The molecule has 0 radical (unpaired) electrons. The van der Waals surface area contributed by atoms with Crippen LogP contribution in [-0.2, 0) is 0 Å². The first-order valence-electron chi connectivity index (χ1n) is 6.77. The van der Waals surface area contributed by atoms with Gasteiger partial charge >= 0.3 is 0 Å². The zero-order valence-corrected chi connectivity index (χ0v) is 13.6. The molecule has 0 unspecified atom stereocenters. The van der Waals surface area contributed by atoms with E-state index >= 15 is 0 Å². The molecule has 4 aromatic rings. The van der Waals surface area contributed by atoms with Crippen molar-refractivity contribution in [3.8, 4) is 5.69 Å². The maximum absolute atomic E-state index is 12.8. The topological polar surface area (TPSA) is 55.1 Å². The Morgan fingerprint density at radius 2 is 1.95 bits per heavy atom. The number of aryl methyl sites for hydroxylation is 2. The van der Waals surface area contributed by atoms with Crippen molar-refractivity contribution in [3.63, 3.8) is 0 Å². The van der Waals surface area contributed by atoms with Crippen LogP contribution in [0.2, 0.25) is 0 Å². The highest BCUT2D eigenvalue weighted by Gasteiger charge is 2.16. The molecule has 22 heavy (non-hydrogen) atoms. The Labute approximate surface area is 134 Å². The van der Waals surface area contributed by atoms with Crippen LogP contribution in [0, 0.1) is 18.6 Å². The molecule has 0 amide bonds. The number of benzene rings is 1. The van der Waals surface area contributed by atoms with Crippen LogP contribution in [0.1, 0.15) is 10.4 Å². The lowest BCUT2D eigenvalue weighted by atomic mass is 10.2. The fourth-order valence-corrected chi connectivity index (χ4v) is 3.87. The number of thiophene rings is 1. The molecule has 0 spiro atoms. The van der Waals surface area contributed by atoms with E-state index in [4.69, 9.17) is 12.2 Å². The molecule has 0 aliphatic rings. The van der Waals surface area contributed by atoms with Gasteiger partial charge in [0.1, 0.15) is 4.83 Å². The highest BCUT2D eigenvalue weighted by Crippen LogP contribution is 2.26. The number of aromatic amines is 1. The van der Waals surface area contributed by atoms with Gasteiger partial charge in [0.15, 0.2) is 4.77 Å². The molecule has 3 aromatic heterocycles. The van der Waals surface area contributed by atoms with Gasteiger partial charge in [-0.15, -0.1) is 11.3 Å². The predicted octanol–water partition coefficient (Wildman–Crippen LogP) is 3.37. The third-order valence-electron chi connectivity index (χ3n) is 3.81. The van der Waals surface area contributed by atoms with Gasteiger partial charge in [-0.1, -0.05) is 18.2 Å². The standard InChI is InChI=1S/C15H12N4OS2/c1-8-9(2)22-12-11(8)13(20)19-14(16-12)18(15(21)17-19)10-6-4-3-5-7-10/h3-7H,1-2H3,(H,17,21). The first kappa shape index (κ1) is 13.4. The summed E-state index contributed by atoms with van der Waals surface area (Å²) in [6.45, 7) is 3.95. The number of aromatic nitrogens is 4. The van der Waals surface area contributed by atoms with Crippen LogP contribution in [-0.4, -0.2) is 19.2 Å². The number of para-hydroxylation sites is 1. The van der Waals surface area contributed by atoms with Gasteiger partial charge in [0.25, 0.3) is 5.56 Å². The minimum atomic E-state index is -0.109. The van der Waals surface area contributed by atoms with Crippen LogP contribution in [0.5, 0.6) is 0 Å². The number of H-pyrrole nitrogens is 1. The Balaban J connectivity index is 2.21. The van der Waals surface area contributed by atoms with Crippen LogP contribution < -0.4 is 5.56 Å². The fourth-order valence-electron chi connectivity index (χ4n) is 2.58. The van der Waals surface area contributed by atoms with Crippen LogP contribution in [0.25, 0.3) is 21.7 Å². The van der Waals surface area contributed by atoms with Gasteiger partial charge in [-0.2, -0.15) is 4.52 Å². The number of rotatable bonds is 1. The van der Waals surface area contributed by atoms with E-state index in [-0.39, 0.29) is 5.56 Å². The third-order valence-corrected chi connectivity index (χ3v) is 5.19. The quantitative estimate of drug-likeness (QED) is 0.545. The summed E-state index contributed by atoms with van der Waals surface area (Å²) >= 11 is 6.91. The van der Waals surface area contributed by atoms with Crippen molar-refractivity contribution < 1.29 is 0 Å². The molecule has 0 saturated heterocycles. The smallest absolute Gasteiger partial charge is 0.267 e. The van der Waals surface area contributed by atoms with Gasteiger partial charge in [0.05, 0.1) is 11.1 Å². The van der Waals surface area contributed by atoms with E-state index in [1.54, 1.807) is 4.57 Å². The van der Waals surface area contributed by atoms with Gasteiger partial charge in [-0.3, -0.25) is 14.5 Å². The minimum absolute atomic E-state index is 0.109. The SMILES string of the molecule is Cc1sc2nc3n(-c4ccccc4)c(=S)[nH]n3c(=O)c2c1C. The summed E-state index contributed by atoms with van der Waals surface area (Å²) in [4.78, 5) is 19.3. The van der Waals surface area contributed by atoms with Crippen molar-refractivity contribution in [3.05, 3.63) is 55.9 Å². The Hall–Kier alpha value is -2.25. The fraction of sp³-hybridized carbons (Fsp3) is 0.133. The highest BCUT2D eigenvalue weighted by atomic mass is 32.1. The van der Waals surface area contributed by atoms with Gasteiger partial charge < -0.3 is 0 Å². The summed E-state index contributed by atoms with van der Waals surface area (Å²) in [6.07, 6.45) is 0. The van der Waals surface area contributed by atoms with Crippen molar-refractivity contribution in [1.29, 1.82) is 0 Å². The second kappa shape index (κ2) is 4.62. The van der Waals surface area contributed by atoms with E-state index in [1.165, 1.54) is 15.9 Å². The molecule has 0 aliphatic heterocycles.